The minimum Gasteiger partial charge on any atom is -0.397 e. The molecule has 2 rings (SSSR count). The molecular weight excluding hydrogens is 350 g/mol. The molecule has 0 saturated heterocycles. The number of pyridine rings is 1. The van der Waals surface area contributed by atoms with Crippen LogP contribution in [0.1, 0.15) is 35.7 Å². The minimum atomic E-state index is -3.87. The van der Waals surface area contributed by atoms with Gasteiger partial charge in [0, 0.05) is 5.56 Å². The highest BCUT2D eigenvalue weighted by atomic mass is 32.2. The molecule has 0 spiro atoms. The lowest BCUT2D eigenvalue weighted by Crippen LogP contribution is -2.18. The summed E-state index contributed by atoms with van der Waals surface area (Å²) in [7, 11) is -3.87. The van der Waals surface area contributed by atoms with Gasteiger partial charge in [0.25, 0.3) is 10.0 Å². The zero-order chi connectivity index (χ0) is 19.3. The van der Waals surface area contributed by atoms with Gasteiger partial charge in [-0.3, -0.25) is 4.72 Å². The normalized spacial score (nSPS) is 10.8. The first-order valence-electron chi connectivity index (χ1n) is 8.01. The first-order chi connectivity index (χ1) is 12.3. The number of sulfonamides is 1. The average Bonchev–Trinajstić information content (AvgIpc) is 2.59. The van der Waals surface area contributed by atoms with Gasteiger partial charge >= 0.3 is 0 Å². The predicted molar refractivity (Wildman–Crippen MR) is 98.7 cm³/mol. The number of aryl methyl sites for hydroxylation is 1. The summed E-state index contributed by atoms with van der Waals surface area (Å²) < 4.78 is 27.8. The standard InChI is InChI=1S/C18H19N5O2S/c1-3-4-14-17(21)15(11-20)16(9-10-19)22-18(14)23-26(24,25)13-7-5-12(2)6-8-13/h5-8H,3-4,9H2,1-2H3,(H3,21,22,23). The van der Waals surface area contributed by atoms with Crippen LogP contribution in [0.15, 0.2) is 29.2 Å². The van der Waals surface area contributed by atoms with Gasteiger partial charge in [-0.25, -0.2) is 13.4 Å². The highest BCUT2D eigenvalue weighted by Crippen LogP contribution is 2.29. The Morgan fingerprint density at radius 1 is 1.23 bits per heavy atom. The van der Waals surface area contributed by atoms with Crippen LogP contribution in [0.25, 0.3) is 0 Å². The number of nitrogens with one attached hydrogen (secondary N) is 1. The van der Waals surface area contributed by atoms with Gasteiger partial charge in [-0.05, 0) is 25.5 Å². The molecule has 0 aliphatic rings. The van der Waals surface area contributed by atoms with Crippen LogP contribution in [0.4, 0.5) is 11.5 Å². The SMILES string of the molecule is CCCc1c(NS(=O)(=O)c2ccc(C)cc2)nc(CC#N)c(C#N)c1N. The Hall–Kier alpha value is -3.10. The number of nitriles is 2. The van der Waals surface area contributed by atoms with Gasteiger partial charge in [0.15, 0.2) is 0 Å². The van der Waals surface area contributed by atoms with Crippen molar-refractivity contribution in [2.45, 2.75) is 38.0 Å². The Morgan fingerprint density at radius 3 is 2.42 bits per heavy atom. The van der Waals surface area contributed by atoms with Crippen molar-refractivity contribution in [3.8, 4) is 12.1 Å². The van der Waals surface area contributed by atoms with Crippen LogP contribution < -0.4 is 10.5 Å². The summed E-state index contributed by atoms with van der Waals surface area (Å²) >= 11 is 0. The minimum absolute atomic E-state index is 0.0641. The summed E-state index contributed by atoms with van der Waals surface area (Å²) in [5.41, 5.74) is 7.92. The fraction of sp³-hybridized carbons (Fsp3) is 0.278. The van der Waals surface area contributed by atoms with E-state index in [-0.39, 0.29) is 34.1 Å². The topological polar surface area (TPSA) is 133 Å². The Labute approximate surface area is 153 Å². The second kappa shape index (κ2) is 7.85. The lowest BCUT2D eigenvalue weighted by molar-refractivity contribution is 0.601. The number of hydrogen-bond donors (Lipinski definition) is 2. The van der Waals surface area contributed by atoms with Crippen LogP contribution in [0.3, 0.4) is 0 Å². The second-order valence-corrected chi connectivity index (χ2v) is 7.47. The molecule has 0 bridgehead atoms. The predicted octanol–water partition coefficient (Wildman–Crippen LogP) is 2.66. The molecule has 0 aliphatic carbocycles. The average molecular weight is 369 g/mol. The zero-order valence-electron chi connectivity index (χ0n) is 14.6. The fourth-order valence-corrected chi connectivity index (χ4v) is 3.55. The molecular formula is C18H19N5O2S. The second-order valence-electron chi connectivity index (χ2n) is 5.79. The number of hydrogen-bond acceptors (Lipinski definition) is 6. The van der Waals surface area contributed by atoms with E-state index in [1.54, 1.807) is 12.1 Å². The molecule has 1 aromatic heterocycles. The largest absolute Gasteiger partial charge is 0.397 e. The highest BCUT2D eigenvalue weighted by Gasteiger charge is 2.22. The maximum absolute atomic E-state index is 12.7. The van der Waals surface area contributed by atoms with E-state index >= 15 is 0 Å². The first kappa shape index (κ1) is 19.2. The maximum atomic E-state index is 12.7. The summed E-state index contributed by atoms with van der Waals surface area (Å²) in [5.74, 6) is 0.0641. The first-order valence-corrected chi connectivity index (χ1v) is 9.50. The van der Waals surface area contributed by atoms with Gasteiger partial charge in [-0.15, -0.1) is 0 Å². The molecule has 26 heavy (non-hydrogen) atoms. The number of anilines is 2. The summed E-state index contributed by atoms with van der Waals surface area (Å²) in [6, 6.07) is 10.3. The van der Waals surface area contributed by atoms with Gasteiger partial charge in [-0.2, -0.15) is 10.5 Å². The molecule has 0 radical (unpaired) electrons. The molecule has 0 atom stereocenters. The Balaban J connectivity index is 2.59. The van der Waals surface area contributed by atoms with E-state index in [0.29, 0.717) is 18.4 Å². The van der Waals surface area contributed by atoms with Crippen LogP contribution in [0, 0.1) is 29.6 Å². The summed E-state index contributed by atoms with van der Waals surface area (Å²) in [6.07, 6.45) is 0.998. The van der Waals surface area contributed by atoms with E-state index in [1.807, 2.05) is 26.0 Å². The quantitative estimate of drug-likeness (QED) is 0.804. The van der Waals surface area contributed by atoms with Crippen molar-refractivity contribution < 1.29 is 8.42 Å². The maximum Gasteiger partial charge on any atom is 0.263 e. The monoisotopic (exact) mass is 369 g/mol. The smallest absolute Gasteiger partial charge is 0.263 e. The molecule has 1 aromatic carbocycles. The van der Waals surface area contributed by atoms with Gasteiger partial charge in [0.2, 0.25) is 0 Å². The molecule has 0 saturated carbocycles. The number of benzene rings is 1. The van der Waals surface area contributed by atoms with Crippen LogP contribution in [0.5, 0.6) is 0 Å². The van der Waals surface area contributed by atoms with Crippen LogP contribution in [-0.2, 0) is 22.9 Å². The van der Waals surface area contributed by atoms with Crippen molar-refractivity contribution in [1.29, 1.82) is 10.5 Å². The van der Waals surface area contributed by atoms with E-state index in [4.69, 9.17) is 11.0 Å². The molecule has 0 fully saturated rings. The van der Waals surface area contributed by atoms with Crippen molar-refractivity contribution in [3.63, 3.8) is 0 Å². The van der Waals surface area contributed by atoms with E-state index in [1.165, 1.54) is 12.1 Å². The number of nitrogens with zero attached hydrogens (tertiary/aromatic N) is 3. The third-order valence-electron chi connectivity index (χ3n) is 3.84. The van der Waals surface area contributed by atoms with Gasteiger partial charge in [0.1, 0.15) is 11.9 Å². The van der Waals surface area contributed by atoms with Crippen LogP contribution >= 0.6 is 0 Å². The molecule has 0 amide bonds. The Morgan fingerprint density at radius 2 is 1.88 bits per heavy atom. The number of nitrogen functional groups attached to an aromatic ring is 1. The summed E-state index contributed by atoms with van der Waals surface area (Å²) in [4.78, 5) is 4.32. The van der Waals surface area contributed by atoms with Crippen LogP contribution in [-0.4, -0.2) is 13.4 Å². The number of aromatic nitrogens is 1. The zero-order valence-corrected chi connectivity index (χ0v) is 15.4. The van der Waals surface area contributed by atoms with Crippen molar-refractivity contribution >= 4 is 21.5 Å². The Kier molecular flexibility index (Phi) is 5.81. The molecule has 8 heteroatoms. The molecule has 1 heterocycles. The van der Waals surface area contributed by atoms with E-state index in [0.717, 1.165) is 5.56 Å². The van der Waals surface area contributed by atoms with E-state index in [9.17, 15) is 13.7 Å². The number of nitrogens with two attached hydrogens (primary N) is 1. The van der Waals surface area contributed by atoms with Crippen molar-refractivity contribution in [2.24, 2.45) is 0 Å². The molecule has 2 aromatic rings. The molecule has 0 aliphatic heterocycles. The molecule has 134 valence electrons. The van der Waals surface area contributed by atoms with E-state index < -0.39 is 10.0 Å². The van der Waals surface area contributed by atoms with E-state index in [2.05, 4.69) is 9.71 Å². The molecule has 0 unspecified atom stereocenters. The number of rotatable bonds is 6. The molecule has 7 nitrogen and oxygen atoms in total. The highest BCUT2D eigenvalue weighted by molar-refractivity contribution is 7.92. The Bertz CT molecular complexity index is 1000. The summed E-state index contributed by atoms with van der Waals surface area (Å²) in [5, 5.41) is 18.3. The summed E-state index contributed by atoms with van der Waals surface area (Å²) in [6.45, 7) is 3.77. The van der Waals surface area contributed by atoms with Crippen molar-refractivity contribution in [1.82, 2.24) is 4.98 Å². The molecule has 3 N–H and O–H groups in total. The van der Waals surface area contributed by atoms with Crippen LogP contribution in [0.2, 0.25) is 0 Å². The third-order valence-corrected chi connectivity index (χ3v) is 5.19. The fourth-order valence-electron chi connectivity index (χ4n) is 2.51. The van der Waals surface area contributed by atoms with Crippen molar-refractivity contribution in [2.75, 3.05) is 10.5 Å². The van der Waals surface area contributed by atoms with Gasteiger partial charge in [0.05, 0.1) is 34.3 Å². The third kappa shape index (κ3) is 3.93. The lowest BCUT2D eigenvalue weighted by atomic mass is 10.0. The van der Waals surface area contributed by atoms with Gasteiger partial charge in [-0.1, -0.05) is 31.0 Å². The van der Waals surface area contributed by atoms with Crippen molar-refractivity contribution in [3.05, 3.63) is 46.6 Å². The van der Waals surface area contributed by atoms with Gasteiger partial charge < -0.3 is 5.73 Å². The lowest BCUT2D eigenvalue weighted by Gasteiger charge is -2.16.